The van der Waals surface area contributed by atoms with Crippen molar-refractivity contribution in [1.29, 1.82) is 0 Å². The largest absolute Gasteiger partial charge is 0.340 e. The lowest BCUT2D eigenvalue weighted by Crippen LogP contribution is -2.27. The van der Waals surface area contributed by atoms with Crippen molar-refractivity contribution in [2.75, 3.05) is 12.4 Å². The summed E-state index contributed by atoms with van der Waals surface area (Å²) in [6.45, 7) is 4.16. The summed E-state index contributed by atoms with van der Waals surface area (Å²) < 4.78 is 0.714. The van der Waals surface area contributed by atoms with Gasteiger partial charge in [-0.1, -0.05) is 25.4 Å². The average Bonchev–Trinajstić information content (AvgIpc) is 3.08. The Kier molecular flexibility index (Phi) is 6.15. The molecule has 2 aromatic rings. The molecule has 8 heteroatoms. The van der Waals surface area contributed by atoms with Crippen LogP contribution >= 0.6 is 34.3 Å². The molecular weight excluding hydrogens is 354 g/mol. The Morgan fingerprint density at radius 3 is 2.74 bits per heavy atom. The van der Waals surface area contributed by atoms with Crippen LogP contribution in [0.3, 0.4) is 0 Å². The van der Waals surface area contributed by atoms with E-state index in [1.807, 2.05) is 26.0 Å². The number of thiazole rings is 1. The van der Waals surface area contributed by atoms with Crippen LogP contribution in [0.4, 0.5) is 5.13 Å². The number of thiophene rings is 1. The first-order valence-electron chi connectivity index (χ1n) is 7.08. The van der Waals surface area contributed by atoms with E-state index in [9.17, 15) is 9.59 Å². The molecule has 2 heterocycles. The highest BCUT2D eigenvalue weighted by Crippen LogP contribution is 2.23. The number of rotatable bonds is 6. The van der Waals surface area contributed by atoms with Crippen molar-refractivity contribution < 1.29 is 9.59 Å². The fraction of sp³-hybridized carbons (Fsp3) is 0.400. The number of nitrogens with zero attached hydrogens (tertiary/aromatic N) is 2. The zero-order valence-electron chi connectivity index (χ0n) is 13.1. The van der Waals surface area contributed by atoms with Crippen molar-refractivity contribution in [2.45, 2.75) is 26.8 Å². The van der Waals surface area contributed by atoms with Crippen LogP contribution in [0.5, 0.6) is 0 Å². The average molecular weight is 372 g/mol. The van der Waals surface area contributed by atoms with Crippen molar-refractivity contribution in [2.24, 2.45) is 5.92 Å². The second kappa shape index (κ2) is 7.90. The van der Waals surface area contributed by atoms with E-state index < -0.39 is 0 Å². The molecule has 0 aliphatic heterocycles. The van der Waals surface area contributed by atoms with Crippen LogP contribution in [-0.2, 0) is 22.6 Å². The number of nitrogens with one attached hydrogen (secondary N) is 1. The van der Waals surface area contributed by atoms with E-state index in [-0.39, 0.29) is 24.2 Å². The maximum atomic E-state index is 12.2. The quantitative estimate of drug-likeness (QED) is 0.842. The molecule has 2 aromatic heterocycles. The number of aromatic nitrogens is 1. The lowest BCUT2D eigenvalue weighted by atomic mass is 10.2. The number of carbonyl (C=O) groups excluding carboxylic acids is 2. The van der Waals surface area contributed by atoms with Crippen LogP contribution < -0.4 is 5.32 Å². The van der Waals surface area contributed by atoms with Gasteiger partial charge in [-0.05, 0) is 12.1 Å². The number of anilines is 1. The van der Waals surface area contributed by atoms with Crippen LogP contribution in [0.25, 0.3) is 0 Å². The monoisotopic (exact) mass is 371 g/mol. The molecule has 124 valence electrons. The first-order chi connectivity index (χ1) is 10.8. The minimum absolute atomic E-state index is 0.0263. The molecule has 0 spiro atoms. The second-order valence-electron chi connectivity index (χ2n) is 5.42. The highest BCUT2D eigenvalue weighted by molar-refractivity contribution is 7.16. The Labute approximate surface area is 148 Å². The fourth-order valence-electron chi connectivity index (χ4n) is 1.74. The molecule has 5 nitrogen and oxygen atoms in total. The predicted molar refractivity (Wildman–Crippen MR) is 95.1 cm³/mol. The molecule has 2 rings (SSSR count). The summed E-state index contributed by atoms with van der Waals surface area (Å²) >= 11 is 8.68. The van der Waals surface area contributed by atoms with E-state index in [4.69, 9.17) is 11.6 Å². The Bertz CT molecular complexity index is 696. The molecule has 1 N–H and O–H groups in total. The molecule has 0 aliphatic rings. The van der Waals surface area contributed by atoms with Gasteiger partial charge in [0.05, 0.1) is 23.0 Å². The van der Waals surface area contributed by atoms with Gasteiger partial charge in [0.1, 0.15) is 0 Å². The zero-order chi connectivity index (χ0) is 17.0. The lowest BCUT2D eigenvalue weighted by molar-refractivity contribution is -0.129. The third-order valence-electron chi connectivity index (χ3n) is 3.09. The summed E-state index contributed by atoms with van der Waals surface area (Å²) in [5.41, 5.74) is 0.662. The summed E-state index contributed by atoms with van der Waals surface area (Å²) in [6.07, 6.45) is 0.212. The van der Waals surface area contributed by atoms with E-state index in [2.05, 4.69) is 10.3 Å². The number of likely N-dealkylation sites (N-methyl/N-ethyl adjacent to an activating group) is 1. The molecular formula is C15H18ClN3O2S2. The molecule has 0 atom stereocenters. The molecule has 0 aliphatic carbocycles. The van der Waals surface area contributed by atoms with Gasteiger partial charge in [-0.15, -0.1) is 22.7 Å². The first kappa shape index (κ1) is 17.9. The second-order valence-corrected chi connectivity index (χ2v) is 8.08. The Balaban J connectivity index is 1.89. The van der Waals surface area contributed by atoms with Crippen LogP contribution in [0.1, 0.15) is 24.4 Å². The third-order valence-corrected chi connectivity index (χ3v) is 5.11. The number of hydrogen-bond acceptors (Lipinski definition) is 5. The SMILES string of the molecule is CC(C)C(=O)Nc1nc(CC(=O)N(C)Cc2ccc(Cl)s2)cs1. The lowest BCUT2D eigenvalue weighted by Gasteiger charge is -2.15. The number of amides is 2. The predicted octanol–water partition coefficient (Wildman–Crippen LogP) is 3.65. The first-order valence-corrected chi connectivity index (χ1v) is 9.16. The zero-order valence-corrected chi connectivity index (χ0v) is 15.5. The van der Waals surface area contributed by atoms with E-state index in [0.717, 1.165) is 4.88 Å². The standard InChI is InChI=1S/C15H18ClN3O2S2/c1-9(2)14(21)18-15-17-10(8-22-15)6-13(20)19(3)7-11-4-5-12(16)23-11/h4-5,8-9H,6-7H2,1-3H3,(H,17,18,21). The fourth-order valence-corrected chi connectivity index (χ4v) is 3.60. The van der Waals surface area contributed by atoms with Gasteiger partial charge in [-0.25, -0.2) is 4.98 Å². The maximum Gasteiger partial charge on any atom is 0.228 e. The highest BCUT2D eigenvalue weighted by Gasteiger charge is 2.15. The summed E-state index contributed by atoms with van der Waals surface area (Å²) in [5.74, 6) is -0.210. The van der Waals surface area contributed by atoms with Crippen molar-refractivity contribution in [3.05, 3.63) is 32.4 Å². The Morgan fingerprint density at radius 2 is 2.13 bits per heavy atom. The van der Waals surface area contributed by atoms with Gasteiger partial charge in [0.2, 0.25) is 11.8 Å². The number of halogens is 1. The van der Waals surface area contributed by atoms with Gasteiger partial charge in [0, 0.05) is 23.2 Å². The van der Waals surface area contributed by atoms with Gasteiger partial charge in [-0.3, -0.25) is 9.59 Å². The van der Waals surface area contributed by atoms with Gasteiger partial charge in [0.25, 0.3) is 0 Å². The molecule has 0 fully saturated rings. The minimum Gasteiger partial charge on any atom is -0.340 e. The van der Waals surface area contributed by atoms with E-state index in [1.165, 1.54) is 22.7 Å². The molecule has 0 saturated heterocycles. The molecule has 2 amide bonds. The van der Waals surface area contributed by atoms with Crippen LogP contribution in [-0.4, -0.2) is 28.7 Å². The Hall–Kier alpha value is -1.44. The van der Waals surface area contributed by atoms with Crippen molar-refractivity contribution >= 4 is 51.2 Å². The van der Waals surface area contributed by atoms with Gasteiger partial charge in [-0.2, -0.15) is 0 Å². The van der Waals surface area contributed by atoms with E-state index >= 15 is 0 Å². The van der Waals surface area contributed by atoms with Gasteiger partial charge >= 0.3 is 0 Å². The normalized spacial score (nSPS) is 10.8. The maximum absolute atomic E-state index is 12.2. The molecule has 0 aromatic carbocycles. The number of hydrogen-bond donors (Lipinski definition) is 1. The summed E-state index contributed by atoms with van der Waals surface area (Å²) in [6, 6.07) is 3.74. The van der Waals surface area contributed by atoms with E-state index in [0.29, 0.717) is 21.7 Å². The van der Waals surface area contributed by atoms with Crippen molar-refractivity contribution in [3.8, 4) is 0 Å². The van der Waals surface area contributed by atoms with Crippen molar-refractivity contribution in [1.82, 2.24) is 9.88 Å². The molecule has 0 unspecified atom stereocenters. The number of carbonyl (C=O) groups is 2. The van der Waals surface area contributed by atoms with Crippen LogP contribution in [0.2, 0.25) is 4.34 Å². The summed E-state index contributed by atoms with van der Waals surface area (Å²) in [5, 5.41) is 5.06. The Morgan fingerprint density at radius 1 is 1.39 bits per heavy atom. The van der Waals surface area contributed by atoms with E-state index in [1.54, 1.807) is 17.3 Å². The molecule has 0 saturated carbocycles. The van der Waals surface area contributed by atoms with Crippen LogP contribution in [0, 0.1) is 5.92 Å². The smallest absolute Gasteiger partial charge is 0.228 e. The third kappa shape index (κ3) is 5.30. The van der Waals surface area contributed by atoms with Gasteiger partial charge in [0.15, 0.2) is 5.13 Å². The summed E-state index contributed by atoms with van der Waals surface area (Å²) in [4.78, 5) is 30.8. The highest BCUT2D eigenvalue weighted by atomic mass is 35.5. The minimum atomic E-state index is -0.104. The van der Waals surface area contributed by atoms with Gasteiger partial charge < -0.3 is 10.2 Å². The topological polar surface area (TPSA) is 62.3 Å². The molecule has 0 bridgehead atoms. The van der Waals surface area contributed by atoms with Crippen molar-refractivity contribution in [3.63, 3.8) is 0 Å². The molecule has 23 heavy (non-hydrogen) atoms. The van der Waals surface area contributed by atoms with Crippen LogP contribution in [0.15, 0.2) is 17.5 Å². The molecule has 0 radical (unpaired) electrons. The summed E-state index contributed by atoms with van der Waals surface area (Å²) in [7, 11) is 1.75.